The maximum atomic E-state index is 13.0. The van der Waals surface area contributed by atoms with Gasteiger partial charge in [0.1, 0.15) is 5.60 Å². The fraction of sp³-hybridized carbons (Fsp3) is 0.467. The van der Waals surface area contributed by atoms with Crippen molar-refractivity contribution in [1.82, 2.24) is 5.32 Å². The van der Waals surface area contributed by atoms with Crippen molar-refractivity contribution >= 4 is 12.1 Å². The van der Waals surface area contributed by atoms with Crippen LogP contribution in [0.5, 0.6) is 0 Å². The van der Waals surface area contributed by atoms with Crippen LogP contribution in [0.1, 0.15) is 44.4 Å². The van der Waals surface area contributed by atoms with Crippen molar-refractivity contribution in [3.05, 3.63) is 35.4 Å². The number of benzene rings is 1. The molecule has 0 aliphatic carbocycles. The highest BCUT2D eigenvalue weighted by Gasteiger charge is 2.35. The Kier molecular flexibility index (Phi) is 5.63. The molecule has 1 atom stereocenters. The van der Waals surface area contributed by atoms with E-state index in [2.05, 4.69) is 5.32 Å². The summed E-state index contributed by atoms with van der Waals surface area (Å²) >= 11 is 0. The van der Waals surface area contributed by atoms with E-state index in [-0.39, 0.29) is 5.56 Å². The van der Waals surface area contributed by atoms with E-state index < -0.39 is 41.9 Å². The van der Waals surface area contributed by atoms with Crippen LogP contribution in [-0.2, 0) is 15.7 Å². The van der Waals surface area contributed by atoms with Crippen LogP contribution in [-0.4, -0.2) is 17.7 Å². The minimum atomic E-state index is -4.68. The molecule has 1 N–H and O–H groups in total. The third-order valence-electron chi connectivity index (χ3n) is 2.70. The van der Waals surface area contributed by atoms with Gasteiger partial charge in [0.2, 0.25) is 0 Å². The number of carboxylic acids is 1. The van der Waals surface area contributed by atoms with Crippen LogP contribution in [0.15, 0.2) is 24.3 Å². The van der Waals surface area contributed by atoms with Crippen LogP contribution in [0, 0.1) is 0 Å². The Morgan fingerprint density at radius 2 is 1.78 bits per heavy atom. The van der Waals surface area contributed by atoms with E-state index in [0.29, 0.717) is 0 Å². The number of rotatable bonds is 4. The van der Waals surface area contributed by atoms with Crippen LogP contribution < -0.4 is 10.4 Å². The number of nitrogens with one attached hydrogen (secondary N) is 1. The molecule has 1 aromatic carbocycles. The molecular formula is C15H17F3NO4-. The van der Waals surface area contributed by atoms with Gasteiger partial charge in [0.25, 0.3) is 0 Å². The largest absolute Gasteiger partial charge is 0.550 e. The summed E-state index contributed by atoms with van der Waals surface area (Å²) in [5, 5.41) is 13.0. The van der Waals surface area contributed by atoms with Crippen molar-refractivity contribution in [2.45, 2.75) is 45.0 Å². The summed E-state index contributed by atoms with van der Waals surface area (Å²) in [7, 11) is 0. The number of halogens is 3. The zero-order chi connectivity index (χ0) is 17.8. The molecule has 0 bridgehead atoms. The number of amides is 1. The lowest BCUT2D eigenvalue weighted by atomic mass is 9.97. The average Bonchev–Trinajstić information content (AvgIpc) is 2.34. The molecule has 0 spiro atoms. The Morgan fingerprint density at radius 1 is 1.22 bits per heavy atom. The third kappa shape index (κ3) is 6.17. The van der Waals surface area contributed by atoms with Gasteiger partial charge in [0.15, 0.2) is 0 Å². The molecule has 0 radical (unpaired) electrons. The van der Waals surface area contributed by atoms with Crippen molar-refractivity contribution < 1.29 is 32.6 Å². The lowest BCUT2D eigenvalue weighted by Crippen LogP contribution is -2.38. The number of hydrogen-bond acceptors (Lipinski definition) is 4. The Balaban J connectivity index is 3.13. The molecule has 23 heavy (non-hydrogen) atoms. The van der Waals surface area contributed by atoms with E-state index in [9.17, 15) is 27.9 Å². The normalized spacial score (nSPS) is 13.3. The van der Waals surface area contributed by atoms with Crippen LogP contribution in [0.4, 0.5) is 18.0 Å². The smallest absolute Gasteiger partial charge is 0.416 e. The first-order valence-electron chi connectivity index (χ1n) is 6.75. The predicted octanol–water partition coefficient (Wildman–Crippen LogP) is 2.41. The summed E-state index contributed by atoms with van der Waals surface area (Å²) in [6.07, 6.45) is -6.51. The summed E-state index contributed by atoms with van der Waals surface area (Å²) in [5.74, 6) is -1.59. The fourth-order valence-corrected chi connectivity index (χ4v) is 1.91. The van der Waals surface area contributed by atoms with Crippen molar-refractivity contribution in [2.24, 2.45) is 0 Å². The number of carboxylic acid groups (broad SMARTS) is 1. The Hall–Kier alpha value is -2.25. The SMILES string of the molecule is CC(C)(C)OC(=O)N[C@H](CC(=O)[O-])c1ccccc1C(F)(F)F. The van der Waals surface area contributed by atoms with Gasteiger partial charge in [0.05, 0.1) is 11.6 Å². The summed E-state index contributed by atoms with van der Waals surface area (Å²) in [6.45, 7) is 4.72. The van der Waals surface area contributed by atoms with Gasteiger partial charge in [-0.2, -0.15) is 13.2 Å². The number of alkyl halides is 3. The quantitative estimate of drug-likeness (QED) is 0.918. The Morgan fingerprint density at radius 3 is 2.26 bits per heavy atom. The minimum absolute atomic E-state index is 0.366. The molecule has 0 aromatic heterocycles. The first-order valence-corrected chi connectivity index (χ1v) is 6.75. The molecule has 1 aromatic rings. The molecule has 5 nitrogen and oxygen atoms in total. The average molecular weight is 332 g/mol. The van der Waals surface area contributed by atoms with Gasteiger partial charge in [-0.25, -0.2) is 4.79 Å². The van der Waals surface area contributed by atoms with E-state index >= 15 is 0 Å². The number of ether oxygens (including phenoxy) is 1. The molecule has 0 heterocycles. The highest BCUT2D eigenvalue weighted by molar-refractivity contribution is 5.71. The second-order valence-electron chi connectivity index (χ2n) is 5.86. The first kappa shape index (κ1) is 18.8. The monoisotopic (exact) mass is 332 g/mol. The van der Waals surface area contributed by atoms with Gasteiger partial charge in [0, 0.05) is 12.4 Å². The van der Waals surface area contributed by atoms with Crippen molar-refractivity contribution in [2.75, 3.05) is 0 Å². The van der Waals surface area contributed by atoms with Crippen LogP contribution in [0.25, 0.3) is 0 Å². The van der Waals surface area contributed by atoms with E-state index in [4.69, 9.17) is 4.74 Å². The van der Waals surface area contributed by atoms with Crippen molar-refractivity contribution in [3.63, 3.8) is 0 Å². The van der Waals surface area contributed by atoms with E-state index in [1.807, 2.05) is 0 Å². The van der Waals surface area contributed by atoms with Gasteiger partial charge in [-0.1, -0.05) is 18.2 Å². The van der Waals surface area contributed by atoms with E-state index in [1.165, 1.54) is 12.1 Å². The van der Waals surface area contributed by atoms with Crippen LogP contribution in [0.2, 0.25) is 0 Å². The second-order valence-corrected chi connectivity index (χ2v) is 5.86. The first-order chi connectivity index (χ1) is 10.4. The molecular weight excluding hydrogens is 315 g/mol. The van der Waals surface area contributed by atoms with Crippen molar-refractivity contribution in [3.8, 4) is 0 Å². The van der Waals surface area contributed by atoms with Crippen molar-refractivity contribution in [1.29, 1.82) is 0 Å². The van der Waals surface area contributed by atoms with Gasteiger partial charge >= 0.3 is 12.3 Å². The molecule has 128 valence electrons. The van der Waals surface area contributed by atoms with Gasteiger partial charge < -0.3 is 20.0 Å². The topological polar surface area (TPSA) is 78.5 Å². The van der Waals surface area contributed by atoms with Crippen LogP contribution >= 0.6 is 0 Å². The summed E-state index contributed by atoms with van der Waals surface area (Å²) < 4.78 is 44.1. The standard InChI is InChI=1S/C15H18F3NO4/c1-14(2,3)23-13(22)19-11(8-12(20)21)9-6-4-5-7-10(9)15(16,17)18/h4-7,11H,8H2,1-3H3,(H,19,22)(H,20,21)/p-1/t11-/m1/s1. The third-order valence-corrected chi connectivity index (χ3v) is 2.70. The fourth-order valence-electron chi connectivity index (χ4n) is 1.91. The number of alkyl carbamates (subject to hydrolysis) is 1. The number of carbonyl (C=O) groups excluding carboxylic acids is 2. The zero-order valence-corrected chi connectivity index (χ0v) is 12.9. The highest BCUT2D eigenvalue weighted by atomic mass is 19.4. The Labute approximate surface area is 131 Å². The number of carbonyl (C=O) groups is 2. The maximum absolute atomic E-state index is 13.0. The minimum Gasteiger partial charge on any atom is -0.550 e. The van der Waals surface area contributed by atoms with E-state index in [1.54, 1.807) is 20.8 Å². The lowest BCUT2D eigenvalue weighted by Gasteiger charge is -2.26. The molecule has 0 saturated heterocycles. The summed E-state index contributed by atoms with van der Waals surface area (Å²) in [5.41, 5.74) is -2.27. The lowest BCUT2D eigenvalue weighted by molar-refractivity contribution is -0.306. The summed E-state index contributed by atoms with van der Waals surface area (Å²) in [4.78, 5) is 22.6. The maximum Gasteiger partial charge on any atom is 0.416 e. The van der Waals surface area contributed by atoms with Crippen LogP contribution in [0.3, 0.4) is 0 Å². The molecule has 1 rings (SSSR count). The van der Waals surface area contributed by atoms with Gasteiger partial charge in [-0.3, -0.25) is 0 Å². The van der Waals surface area contributed by atoms with E-state index in [0.717, 1.165) is 12.1 Å². The molecule has 0 saturated carbocycles. The number of hydrogen-bond donors (Lipinski definition) is 1. The summed E-state index contributed by atoms with van der Waals surface area (Å²) in [6, 6.07) is 2.99. The molecule has 0 unspecified atom stereocenters. The van der Waals surface area contributed by atoms with Gasteiger partial charge in [-0.15, -0.1) is 0 Å². The predicted molar refractivity (Wildman–Crippen MR) is 73.2 cm³/mol. The molecule has 8 heteroatoms. The zero-order valence-electron chi connectivity index (χ0n) is 12.9. The highest BCUT2D eigenvalue weighted by Crippen LogP contribution is 2.35. The Bertz CT molecular complexity index is 579. The molecule has 0 aliphatic heterocycles. The second kappa shape index (κ2) is 6.89. The number of aliphatic carboxylic acids is 1. The molecule has 1 amide bonds. The molecule has 0 fully saturated rings. The van der Waals surface area contributed by atoms with Gasteiger partial charge in [-0.05, 0) is 32.4 Å². The molecule has 0 aliphatic rings.